The third kappa shape index (κ3) is 5.04. The highest BCUT2D eigenvalue weighted by Crippen LogP contribution is 2.37. The average molecular weight is 283 g/mol. The van der Waals surface area contributed by atoms with Crippen LogP contribution in [-0.4, -0.2) is 30.1 Å². The van der Waals surface area contributed by atoms with Gasteiger partial charge < -0.3 is 5.73 Å². The van der Waals surface area contributed by atoms with E-state index in [1.54, 1.807) is 0 Å². The lowest BCUT2D eigenvalue weighted by Gasteiger charge is -2.39. The first-order chi connectivity index (χ1) is 9.33. The first-order valence-corrected chi connectivity index (χ1v) is 8.78. The van der Waals surface area contributed by atoms with Crippen LogP contribution in [0, 0.1) is 11.3 Å². The molecule has 0 bridgehead atoms. The van der Waals surface area contributed by atoms with Crippen molar-refractivity contribution in [3.63, 3.8) is 0 Å². The number of nitrogens with zero attached hydrogens (tertiary/aromatic N) is 1. The van der Waals surface area contributed by atoms with E-state index in [2.05, 4.69) is 39.5 Å². The van der Waals surface area contributed by atoms with E-state index in [1.165, 1.54) is 58.0 Å². The summed E-state index contributed by atoms with van der Waals surface area (Å²) in [6, 6.07) is 0. The summed E-state index contributed by atoms with van der Waals surface area (Å²) in [6.07, 6.45) is 9.42. The second-order valence-corrected chi connectivity index (χ2v) is 8.16. The van der Waals surface area contributed by atoms with E-state index in [9.17, 15) is 0 Å². The van der Waals surface area contributed by atoms with Gasteiger partial charge in [0.2, 0.25) is 0 Å². The zero-order chi connectivity index (χ0) is 15.2. The highest BCUT2D eigenvalue weighted by atomic mass is 15.2. The number of hydrogen-bond acceptors (Lipinski definition) is 2. The molecule has 1 saturated heterocycles. The number of hydrogen-bond donors (Lipinski definition) is 1. The Kier molecular flexibility index (Phi) is 7.00. The van der Waals surface area contributed by atoms with Crippen molar-refractivity contribution in [2.45, 2.75) is 85.1 Å². The highest BCUT2D eigenvalue weighted by molar-refractivity contribution is 4.94. The third-order valence-electron chi connectivity index (χ3n) is 5.44. The summed E-state index contributed by atoms with van der Waals surface area (Å²) in [7, 11) is 0. The minimum Gasteiger partial charge on any atom is -0.329 e. The van der Waals surface area contributed by atoms with E-state index in [0.29, 0.717) is 5.41 Å². The van der Waals surface area contributed by atoms with Crippen molar-refractivity contribution < 1.29 is 0 Å². The maximum Gasteiger partial charge on any atom is 0.0303 e. The second kappa shape index (κ2) is 7.79. The molecule has 0 aromatic heterocycles. The second-order valence-electron chi connectivity index (χ2n) is 8.16. The summed E-state index contributed by atoms with van der Waals surface area (Å²) < 4.78 is 0. The standard InChI is InChI=1S/C18H38N2/c1-6-7-8-9-10-12-18(5,15-19)20-13-11-16(14-20)17(2,3)4/h16H,6-15,19H2,1-5H3. The monoisotopic (exact) mass is 282 g/mol. The maximum atomic E-state index is 6.14. The molecule has 2 atom stereocenters. The van der Waals surface area contributed by atoms with Crippen LogP contribution in [0.2, 0.25) is 0 Å². The molecule has 0 aromatic carbocycles. The van der Waals surface area contributed by atoms with Crippen LogP contribution in [0.4, 0.5) is 0 Å². The lowest BCUT2D eigenvalue weighted by atomic mass is 9.80. The van der Waals surface area contributed by atoms with Crippen molar-refractivity contribution in [2.75, 3.05) is 19.6 Å². The fourth-order valence-corrected chi connectivity index (χ4v) is 3.46. The average Bonchev–Trinajstić information content (AvgIpc) is 2.88. The molecule has 120 valence electrons. The van der Waals surface area contributed by atoms with Crippen LogP contribution in [0.25, 0.3) is 0 Å². The molecule has 1 aliphatic rings. The van der Waals surface area contributed by atoms with Gasteiger partial charge >= 0.3 is 0 Å². The minimum absolute atomic E-state index is 0.228. The van der Waals surface area contributed by atoms with E-state index in [-0.39, 0.29) is 5.54 Å². The summed E-state index contributed by atoms with van der Waals surface area (Å²) in [4.78, 5) is 2.68. The van der Waals surface area contributed by atoms with Gasteiger partial charge in [0.25, 0.3) is 0 Å². The third-order valence-corrected chi connectivity index (χ3v) is 5.44. The normalized spacial score (nSPS) is 24.0. The van der Waals surface area contributed by atoms with Crippen LogP contribution < -0.4 is 5.73 Å². The van der Waals surface area contributed by atoms with Gasteiger partial charge in [0.1, 0.15) is 0 Å². The molecular weight excluding hydrogens is 244 g/mol. The van der Waals surface area contributed by atoms with E-state index < -0.39 is 0 Å². The molecule has 1 rings (SSSR count). The summed E-state index contributed by atoms with van der Waals surface area (Å²) in [6.45, 7) is 15.1. The molecule has 0 amide bonds. The van der Waals surface area contributed by atoms with Crippen LogP contribution in [0.15, 0.2) is 0 Å². The Hall–Kier alpha value is -0.0800. The minimum atomic E-state index is 0.228. The van der Waals surface area contributed by atoms with Crippen LogP contribution >= 0.6 is 0 Å². The van der Waals surface area contributed by atoms with Gasteiger partial charge in [-0.3, -0.25) is 4.90 Å². The summed E-state index contributed by atoms with van der Waals surface area (Å²) in [5.74, 6) is 0.827. The molecule has 0 radical (unpaired) electrons. The van der Waals surface area contributed by atoms with E-state index in [0.717, 1.165) is 12.5 Å². The van der Waals surface area contributed by atoms with Crippen molar-refractivity contribution in [1.29, 1.82) is 0 Å². The Morgan fingerprint density at radius 3 is 2.20 bits per heavy atom. The molecule has 0 spiro atoms. The number of likely N-dealkylation sites (tertiary alicyclic amines) is 1. The summed E-state index contributed by atoms with van der Waals surface area (Å²) >= 11 is 0. The van der Waals surface area contributed by atoms with Crippen molar-refractivity contribution in [1.82, 2.24) is 4.90 Å². The van der Waals surface area contributed by atoms with Gasteiger partial charge in [-0.05, 0) is 37.6 Å². The highest BCUT2D eigenvalue weighted by Gasteiger charge is 2.39. The molecule has 0 saturated carbocycles. The predicted octanol–water partition coefficient (Wildman–Crippen LogP) is 4.43. The Morgan fingerprint density at radius 1 is 1.05 bits per heavy atom. The Balaban J connectivity index is 2.44. The lowest BCUT2D eigenvalue weighted by Crippen LogP contribution is -2.50. The van der Waals surface area contributed by atoms with Gasteiger partial charge in [-0.1, -0.05) is 59.8 Å². The Morgan fingerprint density at radius 2 is 1.70 bits per heavy atom. The van der Waals surface area contributed by atoms with Gasteiger partial charge in [0, 0.05) is 18.6 Å². The molecule has 1 fully saturated rings. The molecule has 0 aromatic rings. The maximum absolute atomic E-state index is 6.14. The molecule has 2 heteroatoms. The molecule has 1 aliphatic heterocycles. The largest absolute Gasteiger partial charge is 0.329 e. The van der Waals surface area contributed by atoms with E-state index >= 15 is 0 Å². The van der Waals surface area contributed by atoms with Crippen molar-refractivity contribution >= 4 is 0 Å². The van der Waals surface area contributed by atoms with E-state index in [1.807, 2.05) is 0 Å². The zero-order valence-corrected chi connectivity index (χ0v) is 14.7. The van der Waals surface area contributed by atoms with Gasteiger partial charge in [-0.2, -0.15) is 0 Å². The van der Waals surface area contributed by atoms with Crippen LogP contribution in [0.5, 0.6) is 0 Å². The molecule has 0 aliphatic carbocycles. The first kappa shape index (κ1) is 18.0. The number of unbranched alkanes of at least 4 members (excludes halogenated alkanes) is 4. The number of nitrogens with two attached hydrogens (primary N) is 1. The van der Waals surface area contributed by atoms with Crippen molar-refractivity contribution in [3.05, 3.63) is 0 Å². The topological polar surface area (TPSA) is 29.3 Å². The van der Waals surface area contributed by atoms with Gasteiger partial charge in [0.15, 0.2) is 0 Å². The molecule has 1 heterocycles. The van der Waals surface area contributed by atoms with Crippen LogP contribution in [0.3, 0.4) is 0 Å². The molecule has 2 unspecified atom stereocenters. The fourth-order valence-electron chi connectivity index (χ4n) is 3.46. The van der Waals surface area contributed by atoms with Crippen molar-refractivity contribution in [2.24, 2.45) is 17.1 Å². The molecule has 20 heavy (non-hydrogen) atoms. The van der Waals surface area contributed by atoms with Gasteiger partial charge in [0.05, 0.1) is 0 Å². The first-order valence-electron chi connectivity index (χ1n) is 8.78. The van der Waals surface area contributed by atoms with Gasteiger partial charge in [-0.25, -0.2) is 0 Å². The van der Waals surface area contributed by atoms with Crippen LogP contribution in [0.1, 0.15) is 79.6 Å². The molecule has 2 N–H and O–H groups in total. The zero-order valence-electron chi connectivity index (χ0n) is 14.7. The van der Waals surface area contributed by atoms with Crippen molar-refractivity contribution in [3.8, 4) is 0 Å². The molecule has 2 nitrogen and oxygen atoms in total. The fraction of sp³-hybridized carbons (Fsp3) is 1.00. The van der Waals surface area contributed by atoms with E-state index in [4.69, 9.17) is 5.73 Å². The predicted molar refractivity (Wildman–Crippen MR) is 90.0 cm³/mol. The Bertz CT molecular complexity index is 269. The Labute approximate surface area is 127 Å². The lowest BCUT2D eigenvalue weighted by molar-refractivity contribution is 0.111. The van der Waals surface area contributed by atoms with Gasteiger partial charge in [-0.15, -0.1) is 0 Å². The molecular formula is C18H38N2. The smallest absolute Gasteiger partial charge is 0.0303 e. The quantitative estimate of drug-likeness (QED) is 0.667. The summed E-state index contributed by atoms with van der Waals surface area (Å²) in [5.41, 5.74) is 6.80. The van der Waals surface area contributed by atoms with Crippen LogP contribution in [-0.2, 0) is 0 Å². The number of rotatable bonds is 8. The SMILES string of the molecule is CCCCCCCC(C)(CN)N1CCC(C(C)(C)C)C1. The summed E-state index contributed by atoms with van der Waals surface area (Å²) in [5, 5.41) is 0.